The average molecular weight is 298 g/mol. The van der Waals surface area contributed by atoms with E-state index in [1.807, 2.05) is 30.3 Å². The maximum Gasteiger partial charge on any atom is 0.213 e. The summed E-state index contributed by atoms with van der Waals surface area (Å²) in [7, 11) is 0. The summed E-state index contributed by atoms with van der Waals surface area (Å²) in [4.78, 5) is 4.14. The molecule has 0 amide bonds. The maximum atomic E-state index is 8.68. The number of anilines is 1. The number of aromatic nitrogens is 1. The third-order valence-corrected chi connectivity index (χ3v) is 2.82. The molecule has 1 heterocycles. The number of benzene rings is 1. The van der Waals surface area contributed by atoms with Gasteiger partial charge in [0, 0.05) is 12.6 Å². The van der Waals surface area contributed by atoms with Crippen LogP contribution in [-0.4, -0.2) is 29.9 Å². The molecule has 22 heavy (non-hydrogen) atoms. The van der Waals surface area contributed by atoms with Crippen LogP contribution in [0.3, 0.4) is 0 Å². The van der Waals surface area contributed by atoms with Gasteiger partial charge in [-0.25, -0.2) is 4.98 Å². The van der Waals surface area contributed by atoms with Crippen LogP contribution < -0.4 is 14.8 Å². The summed E-state index contributed by atoms with van der Waals surface area (Å²) in [5.74, 6) is 3.68. The summed E-state index contributed by atoms with van der Waals surface area (Å²) in [6.07, 6.45) is 6.84. The zero-order valence-electron chi connectivity index (χ0n) is 12.2. The van der Waals surface area contributed by atoms with Crippen LogP contribution in [0.4, 0.5) is 5.69 Å². The fourth-order valence-corrected chi connectivity index (χ4v) is 1.75. The normalized spacial score (nSPS) is 9.82. The van der Waals surface area contributed by atoms with Crippen molar-refractivity contribution in [1.82, 2.24) is 4.98 Å². The van der Waals surface area contributed by atoms with Crippen LogP contribution in [0.1, 0.15) is 5.56 Å². The third kappa shape index (κ3) is 5.00. The van der Waals surface area contributed by atoms with Gasteiger partial charge in [-0.05, 0) is 23.8 Å². The highest BCUT2D eigenvalue weighted by Gasteiger charge is 1.98. The lowest BCUT2D eigenvalue weighted by molar-refractivity contribution is 0.196. The van der Waals surface area contributed by atoms with Gasteiger partial charge in [-0.15, -0.1) is 6.42 Å². The van der Waals surface area contributed by atoms with Crippen molar-refractivity contribution in [3.63, 3.8) is 0 Å². The number of nitrogens with zero attached hydrogens (tertiary/aromatic N) is 1. The van der Waals surface area contributed by atoms with E-state index in [9.17, 15) is 0 Å². The standard InChI is InChI=1S/C17H18N2O3/c1-2-10-21-16-6-3-14(4-7-16)12-18-15-5-8-17(19-13-15)22-11-9-20/h1,3-8,13,18,20H,9-12H2. The lowest BCUT2D eigenvalue weighted by Gasteiger charge is -2.08. The second-order valence-corrected chi connectivity index (χ2v) is 4.45. The Bertz CT molecular complexity index is 603. The minimum Gasteiger partial charge on any atom is -0.481 e. The van der Waals surface area contributed by atoms with E-state index in [1.54, 1.807) is 12.3 Å². The molecule has 5 nitrogen and oxygen atoms in total. The molecule has 2 N–H and O–H groups in total. The molecule has 5 heteroatoms. The van der Waals surface area contributed by atoms with Crippen molar-refractivity contribution in [2.45, 2.75) is 6.54 Å². The first-order valence-electron chi connectivity index (χ1n) is 6.90. The van der Waals surface area contributed by atoms with Gasteiger partial charge in [0.2, 0.25) is 5.88 Å². The van der Waals surface area contributed by atoms with Gasteiger partial charge in [0.25, 0.3) is 0 Å². The summed E-state index contributed by atoms with van der Waals surface area (Å²) in [5.41, 5.74) is 2.01. The number of hydrogen-bond acceptors (Lipinski definition) is 5. The molecule has 1 aromatic carbocycles. The second kappa shape index (κ2) is 8.55. The fourth-order valence-electron chi connectivity index (χ4n) is 1.75. The molecular formula is C17H18N2O3. The molecule has 1 aromatic heterocycles. The molecule has 114 valence electrons. The van der Waals surface area contributed by atoms with E-state index in [1.165, 1.54) is 0 Å². The molecule has 0 aliphatic rings. The fraction of sp³-hybridized carbons (Fsp3) is 0.235. The van der Waals surface area contributed by atoms with Gasteiger partial charge in [-0.2, -0.15) is 0 Å². The van der Waals surface area contributed by atoms with Gasteiger partial charge in [-0.3, -0.25) is 0 Å². The predicted octanol–water partition coefficient (Wildman–Crippen LogP) is 2.08. The smallest absolute Gasteiger partial charge is 0.213 e. The van der Waals surface area contributed by atoms with E-state index in [4.69, 9.17) is 21.0 Å². The van der Waals surface area contributed by atoms with Crippen molar-refractivity contribution >= 4 is 5.69 Å². The van der Waals surface area contributed by atoms with Crippen molar-refractivity contribution in [3.8, 4) is 24.0 Å². The highest BCUT2D eigenvalue weighted by atomic mass is 16.5. The highest BCUT2D eigenvalue weighted by molar-refractivity contribution is 5.43. The maximum absolute atomic E-state index is 8.68. The summed E-state index contributed by atoms with van der Waals surface area (Å²) in [5, 5.41) is 11.9. The zero-order chi connectivity index (χ0) is 15.6. The molecule has 0 aliphatic carbocycles. The van der Waals surface area contributed by atoms with Crippen molar-refractivity contribution < 1.29 is 14.6 Å². The van der Waals surface area contributed by atoms with Gasteiger partial charge >= 0.3 is 0 Å². The second-order valence-electron chi connectivity index (χ2n) is 4.45. The minimum absolute atomic E-state index is 0.0251. The number of pyridine rings is 1. The average Bonchev–Trinajstić information content (AvgIpc) is 2.58. The van der Waals surface area contributed by atoms with Gasteiger partial charge in [-0.1, -0.05) is 18.1 Å². The number of rotatable bonds is 8. The van der Waals surface area contributed by atoms with Crippen molar-refractivity contribution in [2.24, 2.45) is 0 Å². The summed E-state index contributed by atoms with van der Waals surface area (Å²) in [6.45, 7) is 1.17. The van der Waals surface area contributed by atoms with E-state index >= 15 is 0 Å². The minimum atomic E-state index is -0.0251. The van der Waals surface area contributed by atoms with Gasteiger partial charge in [0.15, 0.2) is 0 Å². The van der Waals surface area contributed by atoms with E-state index in [-0.39, 0.29) is 19.8 Å². The molecular weight excluding hydrogens is 280 g/mol. The SMILES string of the molecule is C#CCOc1ccc(CNc2ccc(OCCO)nc2)cc1. The summed E-state index contributed by atoms with van der Waals surface area (Å²) >= 11 is 0. The van der Waals surface area contributed by atoms with Gasteiger partial charge < -0.3 is 19.9 Å². The van der Waals surface area contributed by atoms with E-state index < -0.39 is 0 Å². The first-order chi connectivity index (χ1) is 10.8. The molecule has 0 bridgehead atoms. The van der Waals surface area contributed by atoms with Crippen LogP contribution in [0.5, 0.6) is 11.6 Å². The van der Waals surface area contributed by atoms with Crippen LogP contribution in [0.2, 0.25) is 0 Å². The van der Waals surface area contributed by atoms with Gasteiger partial charge in [0.1, 0.15) is 19.0 Å². The molecule has 0 radical (unpaired) electrons. The molecule has 0 saturated carbocycles. The Balaban J connectivity index is 1.83. The van der Waals surface area contributed by atoms with E-state index in [0.29, 0.717) is 12.4 Å². The Hall–Kier alpha value is -2.71. The largest absolute Gasteiger partial charge is 0.481 e. The number of terminal acetylenes is 1. The van der Waals surface area contributed by atoms with E-state index in [2.05, 4.69) is 16.2 Å². The van der Waals surface area contributed by atoms with E-state index in [0.717, 1.165) is 17.0 Å². The van der Waals surface area contributed by atoms with Crippen LogP contribution in [0.25, 0.3) is 0 Å². The number of hydrogen-bond donors (Lipinski definition) is 2. The Kier molecular flexibility index (Phi) is 6.09. The van der Waals surface area contributed by atoms with Crippen LogP contribution in [0, 0.1) is 12.3 Å². The van der Waals surface area contributed by atoms with Crippen LogP contribution >= 0.6 is 0 Å². The Morgan fingerprint density at radius 1 is 1.14 bits per heavy atom. The zero-order valence-corrected chi connectivity index (χ0v) is 12.2. The molecule has 0 spiro atoms. The van der Waals surface area contributed by atoms with Crippen LogP contribution in [-0.2, 0) is 6.54 Å². The van der Waals surface area contributed by atoms with Crippen LogP contribution in [0.15, 0.2) is 42.6 Å². The van der Waals surface area contributed by atoms with Crippen molar-refractivity contribution in [3.05, 3.63) is 48.2 Å². The monoisotopic (exact) mass is 298 g/mol. The molecule has 0 atom stereocenters. The number of aliphatic hydroxyl groups excluding tert-OH is 1. The summed E-state index contributed by atoms with van der Waals surface area (Å²) < 4.78 is 10.5. The lowest BCUT2D eigenvalue weighted by Crippen LogP contribution is -2.04. The number of nitrogens with one attached hydrogen (secondary N) is 1. The number of ether oxygens (including phenoxy) is 2. The molecule has 0 saturated heterocycles. The Morgan fingerprint density at radius 3 is 2.59 bits per heavy atom. The quantitative estimate of drug-likeness (QED) is 0.731. The lowest BCUT2D eigenvalue weighted by atomic mass is 10.2. The Labute approximate surface area is 129 Å². The summed E-state index contributed by atoms with van der Waals surface area (Å²) in [6, 6.07) is 11.4. The number of aliphatic hydroxyl groups is 1. The Morgan fingerprint density at radius 2 is 1.95 bits per heavy atom. The molecule has 2 rings (SSSR count). The first-order valence-corrected chi connectivity index (χ1v) is 6.90. The van der Waals surface area contributed by atoms with Crippen molar-refractivity contribution in [1.29, 1.82) is 0 Å². The topological polar surface area (TPSA) is 63.6 Å². The molecule has 0 fully saturated rings. The third-order valence-electron chi connectivity index (χ3n) is 2.82. The first kappa shape index (κ1) is 15.7. The van der Waals surface area contributed by atoms with Crippen molar-refractivity contribution in [2.75, 3.05) is 25.1 Å². The molecule has 0 unspecified atom stereocenters. The molecule has 0 aliphatic heterocycles. The van der Waals surface area contributed by atoms with Gasteiger partial charge in [0.05, 0.1) is 18.5 Å². The predicted molar refractivity (Wildman–Crippen MR) is 84.9 cm³/mol. The molecule has 2 aromatic rings. The highest BCUT2D eigenvalue weighted by Crippen LogP contribution is 2.15.